The van der Waals surface area contributed by atoms with Gasteiger partial charge in [0.1, 0.15) is 0 Å². The van der Waals surface area contributed by atoms with Crippen molar-refractivity contribution < 1.29 is 4.79 Å². The van der Waals surface area contributed by atoms with Crippen molar-refractivity contribution in [3.05, 3.63) is 69.7 Å². The Morgan fingerprint density at radius 2 is 1.63 bits per heavy atom. The molecule has 0 aromatic heterocycles. The van der Waals surface area contributed by atoms with Crippen LogP contribution in [0.2, 0.25) is 10.0 Å². The van der Waals surface area contributed by atoms with E-state index in [1.54, 1.807) is 12.1 Å². The van der Waals surface area contributed by atoms with Crippen molar-refractivity contribution in [1.29, 1.82) is 0 Å². The minimum absolute atomic E-state index is 0.00471. The van der Waals surface area contributed by atoms with Crippen LogP contribution in [-0.2, 0) is 13.1 Å². The van der Waals surface area contributed by atoms with E-state index in [1.165, 1.54) is 5.56 Å². The number of carbonyl (C=O) groups is 1. The topological polar surface area (TPSA) is 35.6 Å². The standard InChI is InChI=1S/C21H23Cl2N3O/c22-19-7-6-16(8-20(19)23)9-24-21(27)26-13-17-11-25(12-18(17)14-26)10-15-4-2-1-3-5-15/h1-8,17-18H,9-14H2,(H,24,27)/t17-,18+. The van der Waals surface area contributed by atoms with Gasteiger partial charge in [-0.3, -0.25) is 4.90 Å². The molecule has 2 fully saturated rings. The molecule has 27 heavy (non-hydrogen) atoms. The second-order valence-corrected chi connectivity index (χ2v) is 8.33. The molecule has 0 spiro atoms. The largest absolute Gasteiger partial charge is 0.334 e. The molecule has 1 N–H and O–H groups in total. The van der Waals surface area contributed by atoms with Gasteiger partial charge in [-0.2, -0.15) is 0 Å². The van der Waals surface area contributed by atoms with Crippen molar-refractivity contribution in [2.75, 3.05) is 26.2 Å². The summed E-state index contributed by atoms with van der Waals surface area (Å²) >= 11 is 12.0. The fourth-order valence-electron chi connectivity index (χ4n) is 4.17. The molecule has 2 aliphatic rings. The molecule has 0 unspecified atom stereocenters. The molecule has 2 saturated heterocycles. The van der Waals surface area contributed by atoms with Gasteiger partial charge < -0.3 is 10.2 Å². The highest BCUT2D eigenvalue weighted by molar-refractivity contribution is 6.42. The maximum atomic E-state index is 12.5. The van der Waals surface area contributed by atoms with Crippen molar-refractivity contribution in [3.63, 3.8) is 0 Å². The van der Waals surface area contributed by atoms with Gasteiger partial charge in [-0.1, -0.05) is 59.6 Å². The second-order valence-electron chi connectivity index (χ2n) is 7.51. The molecular formula is C21H23Cl2N3O. The molecule has 2 amide bonds. The smallest absolute Gasteiger partial charge is 0.317 e. The first-order chi connectivity index (χ1) is 13.1. The minimum Gasteiger partial charge on any atom is -0.334 e. The van der Waals surface area contributed by atoms with Crippen molar-refractivity contribution in [2.45, 2.75) is 13.1 Å². The van der Waals surface area contributed by atoms with Crippen molar-refractivity contribution in [3.8, 4) is 0 Å². The molecular weight excluding hydrogens is 381 g/mol. The van der Waals surface area contributed by atoms with E-state index in [9.17, 15) is 4.79 Å². The number of amides is 2. The van der Waals surface area contributed by atoms with E-state index in [1.807, 2.05) is 11.0 Å². The number of likely N-dealkylation sites (tertiary alicyclic amines) is 2. The van der Waals surface area contributed by atoms with Gasteiger partial charge >= 0.3 is 6.03 Å². The molecule has 0 radical (unpaired) electrons. The number of halogens is 2. The molecule has 0 aliphatic carbocycles. The summed E-state index contributed by atoms with van der Waals surface area (Å²) in [5.74, 6) is 1.15. The van der Waals surface area contributed by atoms with Gasteiger partial charge in [0.25, 0.3) is 0 Å². The van der Waals surface area contributed by atoms with Crippen LogP contribution in [0.4, 0.5) is 4.79 Å². The zero-order valence-electron chi connectivity index (χ0n) is 15.1. The number of benzene rings is 2. The van der Waals surface area contributed by atoms with Gasteiger partial charge in [0.2, 0.25) is 0 Å². The summed E-state index contributed by atoms with van der Waals surface area (Å²) in [5.41, 5.74) is 2.31. The number of hydrogen-bond acceptors (Lipinski definition) is 2. The predicted octanol–water partition coefficient (Wildman–Crippen LogP) is 4.27. The summed E-state index contributed by atoms with van der Waals surface area (Å²) in [5, 5.41) is 4.04. The highest BCUT2D eigenvalue weighted by Gasteiger charge is 2.41. The van der Waals surface area contributed by atoms with Crippen LogP contribution in [0.1, 0.15) is 11.1 Å². The first-order valence-corrected chi connectivity index (χ1v) is 10.1. The number of carbonyl (C=O) groups excluding carboxylic acids is 1. The van der Waals surface area contributed by atoms with Gasteiger partial charge in [-0.15, -0.1) is 0 Å². The van der Waals surface area contributed by atoms with Crippen molar-refractivity contribution in [1.82, 2.24) is 15.1 Å². The summed E-state index contributed by atoms with van der Waals surface area (Å²) < 4.78 is 0. The highest BCUT2D eigenvalue weighted by atomic mass is 35.5. The van der Waals surface area contributed by atoms with Crippen LogP contribution < -0.4 is 5.32 Å². The first kappa shape index (κ1) is 18.6. The lowest BCUT2D eigenvalue weighted by Crippen LogP contribution is -2.40. The molecule has 2 atom stereocenters. The molecule has 4 nitrogen and oxygen atoms in total. The van der Waals surface area contributed by atoms with Crippen LogP contribution in [0.3, 0.4) is 0 Å². The van der Waals surface area contributed by atoms with E-state index in [2.05, 4.69) is 40.5 Å². The third-order valence-electron chi connectivity index (χ3n) is 5.53. The molecule has 142 valence electrons. The molecule has 4 rings (SSSR count). The van der Waals surface area contributed by atoms with Crippen LogP contribution in [-0.4, -0.2) is 42.0 Å². The summed E-state index contributed by atoms with van der Waals surface area (Å²) in [6.07, 6.45) is 0. The summed E-state index contributed by atoms with van der Waals surface area (Å²) in [6.45, 7) is 5.26. The Morgan fingerprint density at radius 3 is 2.30 bits per heavy atom. The average Bonchev–Trinajstić information content (AvgIpc) is 3.22. The molecule has 2 aromatic rings. The number of urea groups is 1. The maximum Gasteiger partial charge on any atom is 0.317 e. The SMILES string of the molecule is O=C(NCc1ccc(Cl)c(Cl)c1)N1C[C@H]2CN(Cc3ccccc3)C[C@H]2C1. The Morgan fingerprint density at radius 1 is 0.926 bits per heavy atom. The monoisotopic (exact) mass is 403 g/mol. The normalized spacial score (nSPS) is 22.1. The number of fused-ring (bicyclic) bond motifs is 1. The van der Waals surface area contributed by atoms with Crippen molar-refractivity contribution >= 4 is 29.2 Å². The lowest BCUT2D eigenvalue weighted by Gasteiger charge is -2.22. The first-order valence-electron chi connectivity index (χ1n) is 9.31. The molecule has 2 aromatic carbocycles. The van der Waals surface area contributed by atoms with Crippen LogP contribution in [0.25, 0.3) is 0 Å². The van der Waals surface area contributed by atoms with Crippen LogP contribution >= 0.6 is 23.2 Å². The van der Waals surface area contributed by atoms with E-state index in [0.717, 1.165) is 38.3 Å². The maximum absolute atomic E-state index is 12.5. The van der Waals surface area contributed by atoms with Gasteiger partial charge in [0, 0.05) is 39.3 Å². The zero-order chi connectivity index (χ0) is 18.8. The van der Waals surface area contributed by atoms with Gasteiger partial charge in [0.05, 0.1) is 10.0 Å². The Kier molecular flexibility index (Phi) is 5.58. The quantitative estimate of drug-likeness (QED) is 0.827. The van der Waals surface area contributed by atoms with Gasteiger partial charge in [-0.25, -0.2) is 4.79 Å². The predicted molar refractivity (Wildman–Crippen MR) is 109 cm³/mol. The number of nitrogens with zero attached hydrogens (tertiary/aromatic N) is 2. The summed E-state index contributed by atoms with van der Waals surface area (Å²) in [7, 11) is 0. The molecule has 6 heteroatoms. The lowest BCUT2D eigenvalue weighted by molar-refractivity contribution is 0.198. The number of nitrogens with one attached hydrogen (secondary N) is 1. The van der Waals surface area contributed by atoms with E-state index in [0.29, 0.717) is 28.4 Å². The van der Waals surface area contributed by atoms with E-state index >= 15 is 0 Å². The molecule has 2 heterocycles. The minimum atomic E-state index is 0.00471. The van der Waals surface area contributed by atoms with E-state index < -0.39 is 0 Å². The number of rotatable bonds is 4. The molecule has 0 bridgehead atoms. The Balaban J connectivity index is 1.26. The third kappa shape index (κ3) is 4.40. The van der Waals surface area contributed by atoms with Crippen LogP contribution in [0.5, 0.6) is 0 Å². The Hall–Kier alpha value is -1.75. The Labute approximate surface area is 170 Å². The van der Waals surface area contributed by atoms with Gasteiger partial charge in [0.15, 0.2) is 0 Å². The highest BCUT2D eigenvalue weighted by Crippen LogP contribution is 2.32. The van der Waals surface area contributed by atoms with Crippen LogP contribution in [0, 0.1) is 11.8 Å². The lowest BCUT2D eigenvalue weighted by atomic mass is 10.0. The average molecular weight is 404 g/mol. The number of hydrogen-bond donors (Lipinski definition) is 1. The fraction of sp³-hybridized carbons (Fsp3) is 0.381. The summed E-state index contributed by atoms with van der Waals surface area (Å²) in [6, 6.07) is 16.0. The van der Waals surface area contributed by atoms with Gasteiger partial charge in [-0.05, 0) is 35.1 Å². The van der Waals surface area contributed by atoms with E-state index in [-0.39, 0.29) is 6.03 Å². The fourth-order valence-corrected chi connectivity index (χ4v) is 4.49. The molecule has 0 saturated carbocycles. The second kappa shape index (κ2) is 8.09. The van der Waals surface area contributed by atoms with Crippen molar-refractivity contribution in [2.24, 2.45) is 11.8 Å². The summed E-state index contributed by atoms with van der Waals surface area (Å²) in [4.78, 5) is 17.0. The zero-order valence-corrected chi connectivity index (χ0v) is 16.6. The van der Waals surface area contributed by atoms with Crippen LogP contribution in [0.15, 0.2) is 48.5 Å². The molecule has 2 aliphatic heterocycles. The third-order valence-corrected chi connectivity index (χ3v) is 6.26. The Bertz CT molecular complexity index is 800. The van der Waals surface area contributed by atoms with E-state index in [4.69, 9.17) is 23.2 Å².